The van der Waals surface area contributed by atoms with Crippen LogP contribution in [-0.2, 0) is 10.3 Å². The zero-order valence-electron chi connectivity index (χ0n) is 20.8. The largest absolute Gasteiger partial charge is 0.467 e. The Morgan fingerprint density at radius 2 is 1.90 bits per heavy atom. The molecule has 0 saturated carbocycles. The lowest BCUT2D eigenvalue weighted by atomic mass is 9.73. The first-order chi connectivity index (χ1) is 18.0. The van der Waals surface area contributed by atoms with Gasteiger partial charge in [0.2, 0.25) is 11.8 Å². The van der Waals surface area contributed by atoms with E-state index >= 15 is 4.39 Å². The lowest BCUT2D eigenvalue weighted by Crippen LogP contribution is -2.56. The van der Waals surface area contributed by atoms with Gasteiger partial charge >= 0.3 is 6.18 Å². The third-order valence-corrected chi connectivity index (χ3v) is 7.47. The second-order valence-electron chi connectivity index (χ2n) is 8.92. The molecule has 2 heterocycles. The number of nitrogens with two attached hydrogens (primary N) is 1. The van der Waals surface area contributed by atoms with Crippen molar-refractivity contribution in [1.82, 2.24) is 15.3 Å². The van der Waals surface area contributed by atoms with Crippen molar-refractivity contribution in [2.75, 3.05) is 18.5 Å². The number of hydrogen-bond acceptors (Lipinski definition) is 8. The fraction of sp³-hybridized carbons (Fsp3) is 0.435. The minimum atomic E-state index is -4.58. The number of amides is 2. The number of halogens is 6. The lowest BCUT2D eigenvalue weighted by Gasteiger charge is -2.46. The molecule has 16 heteroatoms. The fourth-order valence-electron chi connectivity index (χ4n) is 3.92. The van der Waals surface area contributed by atoms with Gasteiger partial charge in [0, 0.05) is 17.2 Å². The Labute approximate surface area is 223 Å². The monoisotopic (exact) mass is 578 g/mol. The molecule has 2 aromatic rings. The van der Waals surface area contributed by atoms with Gasteiger partial charge < -0.3 is 21.1 Å². The number of amidine groups is 1. The number of hydrogen-bond donors (Lipinski definition) is 3. The number of thioether (sulfide) groups is 1. The molecule has 4 N–H and O–H groups in total. The van der Waals surface area contributed by atoms with Gasteiger partial charge in [-0.3, -0.25) is 14.6 Å². The Morgan fingerprint density at radius 1 is 1.21 bits per heavy atom. The van der Waals surface area contributed by atoms with Crippen molar-refractivity contribution < 1.29 is 40.7 Å². The van der Waals surface area contributed by atoms with E-state index in [2.05, 4.69) is 30.3 Å². The van der Waals surface area contributed by atoms with E-state index in [-0.39, 0.29) is 22.1 Å². The van der Waals surface area contributed by atoms with Crippen LogP contribution in [0.4, 0.5) is 32.0 Å². The van der Waals surface area contributed by atoms with E-state index in [9.17, 15) is 31.5 Å². The predicted octanol–water partition coefficient (Wildman–Crippen LogP) is 3.86. The van der Waals surface area contributed by atoms with Crippen molar-refractivity contribution in [1.29, 1.82) is 0 Å². The molecule has 9 nitrogen and oxygen atoms in total. The Bertz CT molecular complexity index is 1260. The molecule has 0 bridgehead atoms. The van der Waals surface area contributed by atoms with Crippen molar-refractivity contribution in [3.8, 4) is 5.88 Å². The van der Waals surface area contributed by atoms with Gasteiger partial charge in [0.05, 0.1) is 24.5 Å². The summed E-state index contributed by atoms with van der Waals surface area (Å²) in [7, 11) is 0. The van der Waals surface area contributed by atoms with Crippen LogP contribution in [0.15, 0.2) is 35.6 Å². The lowest BCUT2D eigenvalue weighted by molar-refractivity contribution is -0.154. The molecule has 3 rings (SSSR count). The molecule has 3 atom stereocenters. The van der Waals surface area contributed by atoms with Gasteiger partial charge in [0.15, 0.2) is 11.8 Å². The minimum absolute atomic E-state index is 0.0362. The van der Waals surface area contributed by atoms with Crippen LogP contribution < -0.4 is 21.1 Å². The molecule has 2 amide bonds. The number of nitrogens with one attached hydrogen (secondary N) is 2. The molecule has 212 valence electrons. The highest BCUT2D eigenvalue weighted by molar-refractivity contribution is 8.15. The van der Waals surface area contributed by atoms with Crippen LogP contribution in [0.5, 0.6) is 5.88 Å². The molecule has 0 radical (unpaired) electrons. The first kappa shape index (κ1) is 30.0. The Morgan fingerprint density at radius 3 is 2.49 bits per heavy atom. The zero-order valence-corrected chi connectivity index (χ0v) is 21.6. The van der Waals surface area contributed by atoms with Crippen LogP contribution in [0.25, 0.3) is 0 Å². The maximum atomic E-state index is 15.1. The fourth-order valence-corrected chi connectivity index (χ4v) is 5.16. The zero-order chi connectivity index (χ0) is 29.2. The molecule has 1 aliphatic rings. The summed E-state index contributed by atoms with van der Waals surface area (Å²) in [5.74, 6) is -3.47. The summed E-state index contributed by atoms with van der Waals surface area (Å²) in [4.78, 5) is 37.2. The number of rotatable bonds is 8. The normalized spacial score (nSPS) is 23.2. The van der Waals surface area contributed by atoms with E-state index in [1.54, 1.807) is 6.92 Å². The summed E-state index contributed by atoms with van der Waals surface area (Å²) in [6, 6.07) is 3.59. The van der Waals surface area contributed by atoms with Crippen LogP contribution in [0.1, 0.15) is 36.8 Å². The quantitative estimate of drug-likeness (QED) is 0.406. The average molecular weight is 579 g/mol. The van der Waals surface area contributed by atoms with Gasteiger partial charge in [-0.25, -0.2) is 23.1 Å². The van der Waals surface area contributed by atoms with Crippen molar-refractivity contribution >= 4 is 34.4 Å². The maximum absolute atomic E-state index is 15.1. The third-order valence-electron chi connectivity index (χ3n) is 6.21. The van der Waals surface area contributed by atoms with Crippen molar-refractivity contribution in [2.24, 2.45) is 16.6 Å². The summed E-state index contributed by atoms with van der Waals surface area (Å²) < 4.78 is 80.4. The maximum Gasteiger partial charge on any atom is 0.422 e. The number of aliphatic imine (C=N–C) groups is 1. The van der Waals surface area contributed by atoms with Crippen molar-refractivity contribution in [3.63, 3.8) is 0 Å². The molecule has 0 saturated heterocycles. The second kappa shape index (κ2) is 11.3. The summed E-state index contributed by atoms with van der Waals surface area (Å²) in [6.45, 7) is 2.17. The second-order valence-corrected chi connectivity index (χ2v) is 10.4. The number of carbonyl (C=O) groups is 2. The highest BCUT2D eigenvalue weighted by Crippen LogP contribution is 2.50. The molecule has 0 spiro atoms. The first-order valence-electron chi connectivity index (χ1n) is 11.3. The summed E-state index contributed by atoms with van der Waals surface area (Å²) in [5, 5.41) is 4.59. The number of benzene rings is 1. The summed E-state index contributed by atoms with van der Waals surface area (Å²) in [5.41, 5.74) is 4.33. The molecule has 1 aliphatic heterocycles. The highest BCUT2D eigenvalue weighted by atomic mass is 32.2. The topological polar surface area (TPSA) is 132 Å². The summed E-state index contributed by atoms with van der Waals surface area (Å²) >= 11 is 0.868. The Kier molecular flexibility index (Phi) is 8.67. The smallest absolute Gasteiger partial charge is 0.422 e. The van der Waals surface area contributed by atoms with Gasteiger partial charge in [-0.1, -0.05) is 18.7 Å². The number of carbonyl (C=O) groups excluding carboxylic acids is 2. The molecule has 0 unspecified atom stereocenters. The van der Waals surface area contributed by atoms with Crippen LogP contribution in [0.2, 0.25) is 0 Å². The van der Waals surface area contributed by atoms with Gasteiger partial charge in [-0.15, -0.1) is 0 Å². The molecular weight excluding hydrogens is 554 g/mol. The van der Waals surface area contributed by atoms with Gasteiger partial charge in [-0.2, -0.15) is 13.2 Å². The van der Waals surface area contributed by atoms with Gasteiger partial charge in [0.25, 0.3) is 12.3 Å². The van der Waals surface area contributed by atoms with Gasteiger partial charge in [0.1, 0.15) is 16.3 Å². The van der Waals surface area contributed by atoms with Crippen LogP contribution in [0, 0.1) is 11.7 Å². The van der Waals surface area contributed by atoms with Gasteiger partial charge in [-0.05, 0) is 32.0 Å². The molecule has 0 aliphatic carbocycles. The predicted molar refractivity (Wildman–Crippen MR) is 131 cm³/mol. The van der Waals surface area contributed by atoms with E-state index in [0.717, 1.165) is 30.2 Å². The van der Waals surface area contributed by atoms with Crippen LogP contribution in [-0.4, -0.2) is 57.5 Å². The number of aromatic nitrogens is 2. The SMILES string of the molecule is C[C@@H]1[C@@](C)(C(=O)NCC(F)F)SC(N)=N[C@]1(C)c1cc(NC(=O)c2cnc(OCC(F)(F)F)cn2)ccc1F. The van der Waals surface area contributed by atoms with E-state index in [1.165, 1.54) is 26.0 Å². The average Bonchev–Trinajstić information content (AvgIpc) is 2.85. The number of ether oxygens (including phenoxy) is 1. The Balaban J connectivity index is 1.85. The molecular formula is C23H24F6N6O3S. The summed E-state index contributed by atoms with van der Waals surface area (Å²) in [6.07, 6.45) is -5.60. The van der Waals surface area contributed by atoms with Crippen molar-refractivity contribution in [3.05, 3.63) is 47.7 Å². The first-order valence-corrected chi connectivity index (χ1v) is 12.1. The van der Waals surface area contributed by atoms with Crippen LogP contribution >= 0.6 is 11.8 Å². The molecule has 39 heavy (non-hydrogen) atoms. The number of alkyl halides is 5. The third kappa shape index (κ3) is 6.91. The van der Waals surface area contributed by atoms with E-state index < -0.39 is 65.5 Å². The Hall–Kier alpha value is -3.56. The minimum Gasteiger partial charge on any atom is -0.467 e. The van der Waals surface area contributed by atoms with E-state index in [1.807, 2.05) is 0 Å². The molecule has 0 fully saturated rings. The molecule has 1 aromatic heterocycles. The number of nitrogens with zero attached hydrogens (tertiary/aromatic N) is 3. The highest BCUT2D eigenvalue weighted by Gasteiger charge is 2.54. The van der Waals surface area contributed by atoms with Crippen LogP contribution in [0.3, 0.4) is 0 Å². The standard InChI is InChI=1S/C23H24F6N6O3S/c1-11-21(2,35-20(30)39-22(11,3)19(37)33-8-16(25)26)13-6-12(4-5-14(13)24)34-18(36)15-7-32-17(9-31-15)38-10-23(27,28)29/h4-7,9,11,16H,8,10H2,1-3H3,(H2,30,35)(H,33,37)(H,34,36)/t11-,21-,22-/m0/s1. The van der Waals surface area contributed by atoms with E-state index in [0.29, 0.717) is 0 Å². The number of anilines is 1. The van der Waals surface area contributed by atoms with Crippen molar-refractivity contribution in [2.45, 2.75) is 43.7 Å². The van der Waals surface area contributed by atoms with E-state index in [4.69, 9.17) is 5.73 Å². The molecule has 1 aromatic carbocycles.